The van der Waals surface area contributed by atoms with Crippen molar-refractivity contribution >= 4 is 22.8 Å². The summed E-state index contributed by atoms with van der Waals surface area (Å²) in [4.78, 5) is 23.9. The van der Waals surface area contributed by atoms with Crippen LogP contribution in [-0.2, 0) is 15.1 Å². The van der Waals surface area contributed by atoms with Crippen LogP contribution in [0.4, 0.5) is 0 Å². The Balaban J connectivity index is 2.01. The second-order valence-corrected chi connectivity index (χ2v) is 7.38. The molecular formula is C25H24ClNO2. The highest BCUT2D eigenvalue weighted by molar-refractivity contribution is 6.63. The van der Waals surface area contributed by atoms with Crippen LogP contribution < -0.4 is 5.32 Å². The maximum Gasteiger partial charge on any atom is 0.221 e. The summed E-state index contributed by atoms with van der Waals surface area (Å²) >= 11 is 5.40. The van der Waals surface area contributed by atoms with Crippen LogP contribution in [0, 0.1) is 0 Å². The van der Waals surface area contributed by atoms with Gasteiger partial charge in [-0.3, -0.25) is 9.59 Å². The van der Waals surface area contributed by atoms with Gasteiger partial charge in [-0.1, -0.05) is 91.0 Å². The van der Waals surface area contributed by atoms with Crippen molar-refractivity contribution in [3.8, 4) is 0 Å². The summed E-state index contributed by atoms with van der Waals surface area (Å²) in [7, 11) is 0. The number of benzene rings is 3. The fourth-order valence-corrected chi connectivity index (χ4v) is 3.74. The van der Waals surface area contributed by atoms with Crippen molar-refractivity contribution in [3.05, 3.63) is 108 Å². The molecule has 0 radical (unpaired) electrons. The highest BCUT2D eigenvalue weighted by Crippen LogP contribution is 2.36. The van der Waals surface area contributed by atoms with Crippen molar-refractivity contribution in [3.63, 3.8) is 0 Å². The molecule has 0 aliphatic carbocycles. The summed E-state index contributed by atoms with van der Waals surface area (Å²) in [5.74, 6) is -0.0661. The minimum absolute atomic E-state index is 0.0661. The third kappa shape index (κ3) is 5.12. The number of rotatable bonds is 9. The van der Waals surface area contributed by atoms with Crippen LogP contribution in [-0.4, -0.2) is 11.1 Å². The molecule has 0 spiro atoms. The molecule has 0 saturated heterocycles. The zero-order valence-corrected chi connectivity index (χ0v) is 16.9. The van der Waals surface area contributed by atoms with E-state index in [2.05, 4.69) is 5.32 Å². The third-order valence-electron chi connectivity index (χ3n) is 4.97. The zero-order chi connectivity index (χ0) is 20.5. The summed E-state index contributed by atoms with van der Waals surface area (Å²) in [5, 5.41) is 2.95. The first kappa shape index (κ1) is 20.8. The number of hydrogen-bond donors (Lipinski definition) is 1. The van der Waals surface area contributed by atoms with Crippen molar-refractivity contribution in [2.75, 3.05) is 0 Å². The summed E-state index contributed by atoms with van der Waals surface area (Å²) in [5.41, 5.74) is 2.16. The molecule has 0 fully saturated rings. The van der Waals surface area contributed by atoms with Gasteiger partial charge < -0.3 is 5.32 Å². The molecule has 0 aliphatic rings. The number of amides is 1. The summed E-state index contributed by atoms with van der Waals surface area (Å²) in [6, 6.07) is 30.0. The normalized spacial score (nSPS) is 11.1. The van der Waals surface area contributed by atoms with Gasteiger partial charge in [0.25, 0.3) is 0 Å². The Morgan fingerprint density at radius 2 is 1.03 bits per heavy atom. The quantitative estimate of drug-likeness (QED) is 0.293. The molecule has 148 valence electrons. The minimum Gasteiger partial charge on any atom is -0.338 e. The van der Waals surface area contributed by atoms with E-state index in [4.69, 9.17) is 11.6 Å². The van der Waals surface area contributed by atoms with E-state index >= 15 is 0 Å². The van der Waals surface area contributed by atoms with Crippen molar-refractivity contribution < 1.29 is 9.59 Å². The highest BCUT2D eigenvalue weighted by Gasteiger charge is 2.37. The van der Waals surface area contributed by atoms with Gasteiger partial charge in [0.2, 0.25) is 11.1 Å². The molecule has 0 bridgehead atoms. The molecule has 4 heteroatoms. The molecule has 0 unspecified atom stereocenters. The third-order valence-corrected chi connectivity index (χ3v) is 5.16. The topological polar surface area (TPSA) is 46.2 Å². The summed E-state index contributed by atoms with van der Waals surface area (Å²) in [6.45, 7) is 0. The van der Waals surface area contributed by atoms with Crippen molar-refractivity contribution in [2.45, 2.75) is 31.2 Å². The lowest BCUT2D eigenvalue weighted by Crippen LogP contribution is -2.47. The molecule has 0 aromatic heterocycles. The zero-order valence-electron chi connectivity index (χ0n) is 16.2. The van der Waals surface area contributed by atoms with Crippen LogP contribution in [0.15, 0.2) is 91.0 Å². The smallest absolute Gasteiger partial charge is 0.221 e. The van der Waals surface area contributed by atoms with E-state index in [1.54, 1.807) is 0 Å². The molecule has 3 aromatic rings. The highest BCUT2D eigenvalue weighted by atomic mass is 35.5. The maximum atomic E-state index is 13.0. The molecule has 0 saturated carbocycles. The summed E-state index contributed by atoms with van der Waals surface area (Å²) < 4.78 is 0. The standard InChI is InChI=1S/C25H24ClNO2/c26-23(28)18-10-11-19-24(29)27-25(20-12-4-1-5-13-20,21-14-6-2-7-15-21)22-16-8-3-9-17-22/h1-9,12-17H,10-11,18-19H2,(H,27,29). The van der Waals surface area contributed by atoms with Crippen molar-refractivity contribution in [1.82, 2.24) is 5.32 Å². The number of halogens is 1. The van der Waals surface area contributed by atoms with Crippen LogP contribution in [0.3, 0.4) is 0 Å². The molecule has 29 heavy (non-hydrogen) atoms. The summed E-state index contributed by atoms with van der Waals surface area (Å²) in [6.07, 6.45) is 1.83. The number of carbonyl (C=O) groups is 2. The Kier molecular flexibility index (Phi) is 7.20. The lowest BCUT2D eigenvalue weighted by atomic mass is 9.77. The van der Waals surface area contributed by atoms with E-state index in [9.17, 15) is 9.59 Å². The van der Waals surface area contributed by atoms with Crippen LogP contribution in [0.2, 0.25) is 0 Å². The van der Waals surface area contributed by atoms with Gasteiger partial charge >= 0.3 is 0 Å². The second kappa shape index (κ2) is 10.0. The monoisotopic (exact) mass is 405 g/mol. The van der Waals surface area contributed by atoms with Gasteiger partial charge in [-0.25, -0.2) is 0 Å². The van der Waals surface area contributed by atoms with Gasteiger partial charge in [-0.2, -0.15) is 0 Å². The lowest BCUT2D eigenvalue weighted by molar-refractivity contribution is -0.122. The fraction of sp³-hybridized carbons (Fsp3) is 0.200. The second-order valence-electron chi connectivity index (χ2n) is 6.96. The molecular weight excluding hydrogens is 382 g/mol. The molecule has 0 atom stereocenters. The Labute approximate surface area is 176 Å². The Morgan fingerprint density at radius 1 is 0.655 bits per heavy atom. The van der Waals surface area contributed by atoms with E-state index in [-0.39, 0.29) is 17.6 Å². The van der Waals surface area contributed by atoms with Crippen LogP contribution in [0.5, 0.6) is 0 Å². The van der Waals surface area contributed by atoms with Gasteiger partial charge in [0, 0.05) is 12.8 Å². The number of hydrogen-bond acceptors (Lipinski definition) is 2. The van der Waals surface area contributed by atoms with Crippen LogP contribution in [0.1, 0.15) is 42.4 Å². The van der Waals surface area contributed by atoms with Gasteiger partial charge in [0.15, 0.2) is 0 Å². The molecule has 3 rings (SSSR count). The maximum absolute atomic E-state index is 13.0. The minimum atomic E-state index is -0.802. The molecule has 3 aromatic carbocycles. The molecule has 0 heterocycles. The van der Waals surface area contributed by atoms with Crippen molar-refractivity contribution in [2.24, 2.45) is 0 Å². The van der Waals surface area contributed by atoms with Gasteiger partial charge in [-0.05, 0) is 41.1 Å². The van der Waals surface area contributed by atoms with E-state index in [1.807, 2.05) is 91.0 Å². The number of unbranched alkanes of at least 4 members (excludes halogenated alkanes) is 1. The first-order valence-electron chi connectivity index (χ1n) is 9.79. The number of nitrogens with one attached hydrogen (secondary N) is 1. The van der Waals surface area contributed by atoms with Crippen molar-refractivity contribution in [1.29, 1.82) is 0 Å². The van der Waals surface area contributed by atoms with Gasteiger partial charge in [-0.15, -0.1) is 0 Å². The molecule has 1 amide bonds. The SMILES string of the molecule is O=C(Cl)CCCCC(=O)NC(c1ccccc1)(c1ccccc1)c1ccccc1. The largest absolute Gasteiger partial charge is 0.338 e. The van der Waals surface area contributed by atoms with Gasteiger partial charge in [0.05, 0.1) is 0 Å². The average Bonchev–Trinajstić information content (AvgIpc) is 2.77. The Hall–Kier alpha value is -2.91. The predicted molar refractivity (Wildman–Crippen MR) is 117 cm³/mol. The first-order chi connectivity index (χ1) is 14.1. The van der Waals surface area contributed by atoms with Gasteiger partial charge in [0.1, 0.15) is 5.54 Å². The lowest BCUT2D eigenvalue weighted by Gasteiger charge is -2.37. The molecule has 1 N–H and O–H groups in total. The average molecular weight is 406 g/mol. The molecule has 3 nitrogen and oxygen atoms in total. The van der Waals surface area contributed by atoms with E-state index in [1.165, 1.54) is 0 Å². The molecule has 0 aliphatic heterocycles. The van der Waals surface area contributed by atoms with E-state index < -0.39 is 5.54 Å². The van der Waals surface area contributed by atoms with Crippen LogP contribution in [0.25, 0.3) is 0 Å². The Bertz CT molecular complexity index is 830. The van der Waals surface area contributed by atoms with Crippen LogP contribution >= 0.6 is 11.6 Å². The Morgan fingerprint density at radius 3 is 1.41 bits per heavy atom. The van der Waals surface area contributed by atoms with E-state index in [0.717, 1.165) is 16.7 Å². The predicted octanol–water partition coefficient (Wildman–Crippen LogP) is 5.42. The van der Waals surface area contributed by atoms with E-state index in [0.29, 0.717) is 19.3 Å². The first-order valence-corrected chi connectivity index (χ1v) is 10.2. The number of carbonyl (C=O) groups excluding carboxylic acids is 2. The fourth-order valence-electron chi connectivity index (χ4n) is 3.60.